The zero-order chi connectivity index (χ0) is 27.9. The second-order valence-electron chi connectivity index (χ2n) is 13.0. The number of carbonyl (C=O) groups excluding carboxylic acids is 1. The summed E-state index contributed by atoms with van der Waals surface area (Å²) in [6.07, 6.45) is 4.70. The van der Waals surface area contributed by atoms with Crippen LogP contribution >= 0.6 is 0 Å². The molecule has 2 saturated carbocycles. The van der Waals surface area contributed by atoms with Gasteiger partial charge in [-0.25, -0.2) is 0 Å². The van der Waals surface area contributed by atoms with Crippen molar-refractivity contribution in [3.63, 3.8) is 0 Å². The van der Waals surface area contributed by atoms with Crippen LogP contribution in [0.4, 0.5) is 0 Å². The van der Waals surface area contributed by atoms with E-state index in [1.54, 1.807) is 7.11 Å². The second kappa shape index (κ2) is 11.2. The predicted molar refractivity (Wildman–Crippen MR) is 161 cm³/mol. The van der Waals surface area contributed by atoms with E-state index >= 15 is 0 Å². The molecule has 3 aromatic carbocycles. The number of carbonyl (C=O) groups is 1. The Kier molecular flexibility index (Phi) is 7.62. The summed E-state index contributed by atoms with van der Waals surface area (Å²) in [6, 6.07) is 22.7. The first kappa shape index (κ1) is 27.3. The molecule has 0 bridgehead atoms. The van der Waals surface area contributed by atoms with Crippen molar-refractivity contribution >= 4 is 16.7 Å². The molecule has 6 rings (SSSR count). The summed E-state index contributed by atoms with van der Waals surface area (Å²) < 4.78 is 5.65. The van der Waals surface area contributed by atoms with Crippen LogP contribution in [-0.2, 0) is 5.41 Å². The lowest BCUT2D eigenvalue weighted by Crippen LogP contribution is -2.61. The van der Waals surface area contributed by atoms with E-state index in [0.29, 0.717) is 18.9 Å². The Morgan fingerprint density at radius 3 is 2.62 bits per heavy atom. The molecule has 40 heavy (non-hydrogen) atoms. The molecule has 3 aromatic rings. The van der Waals surface area contributed by atoms with E-state index in [1.807, 2.05) is 30.3 Å². The molecule has 1 aliphatic heterocycles. The molecule has 3 aliphatic rings. The van der Waals surface area contributed by atoms with E-state index in [1.165, 1.54) is 18.4 Å². The summed E-state index contributed by atoms with van der Waals surface area (Å²) in [4.78, 5) is 18.9. The Morgan fingerprint density at radius 2 is 1.88 bits per heavy atom. The molecule has 2 aliphatic carbocycles. The molecular formula is C35H44N2O3. The van der Waals surface area contributed by atoms with Crippen LogP contribution in [0.5, 0.6) is 5.75 Å². The van der Waals surface area contributed by atoms with Crippen LogP contribution < -0.4 is 4.74 Å². The van der Waals surface area contributed by atoms with Gasteiger partial charge in [0.2, 0.25) is 0 Å². The Morgan fingerprint density at radius 1 is 1.07 bits per heavy atom. The van der Waals surface area contributed by atoms with Gasteiger partial charge in [0.1, 0.15) is 5.75 Å². The summed E-state index contributed by atoms with van der Waals surface area (Å²) in [6.45, 7) is 8.14. The number of benzene rings is 3. The van der Waals surface area contributed by atoms with E-state index in [4.69, 9.17) is 4.74 Å². The topological polar surface area (TPSA) is 53.0 Å². The molecular weight excluding hydrogens is 496 g/mol. The van der Waals surface area contributed by atoms with Crippen molar-refractivity contribution in [1.29, 1.82) is 0 Å². The van der Waals surface area contributed by atoms with Gasteiger partial charge in [-0.15, -0.1) is 0 Å². The number of hydrogen-bond acceptors (Lipinski definition) is 4. The average Bonchev–Trinajstić information content (AvgIpc) is 3.79. The third-order valence-corrected chi connectivity index (χ3v) is 9.73. The number of nitrogens with zero attached hydrogens (tertiary/aromatic N) is 2. The molecule has 1 amide bonds. The molecule has 4 atom stereocenters. The molecule has 4 unspecified atom stereocenters. The summed E-state index contributed by atoms with van der Waals surface area (Å²) >= 11 is 0. The van der Waals surface area contributed by atoms with Crippen molar-refractivity contribution < 1.29 is 14.6 Å². The average molecular weight is 541 g/mol. The normalized spacial score (nSPS) is 27.0. The van der Waals surface area contributed by atoms with Gasteiger partial charge >= 0.3 is 0 Å². The zero-order valence-corrected chi connectivity index (χ0v) is 24.3. The summed E-state index contributed by atoms with van der Waals surface area (Å²) in [5.41, 5.74) is 1.77. The van der Waals surface area contributed by atoms with Crippen molar-refractivity contribution in [2.75, 3.05) is 33.3 Å². The summed E-state index contributed by atoms with van der Waals surface area (Å²) in [7, 11) is 1.72. The number of ether oxygens (including phenoxy) is 1. The zero-order valence-electron chi connectivity index (χ0n) is 24.3. The van der Waals surface area contributed by atoms with Crippen molar-refractivity contribution in [2.24, 2.45) is 17.8 Å². The Balaban J connectivity index is 1.35. The number of rotatable bonds is 8. The van der Waals surface area contributed by atoms with Crippen LogP contribution in [0.2, 0.25) is 0 Å². The van der Waals surface area contributed by atoms with Crippen LogP contribution in [0.15, 0.2) is 66.7 Å². The molecule has 0 radical (unpaired) electrons. The molecule has 1 heterocycles. The number of fused-ring (bicyclic) bond motifs is 2. The van der Waals surface area contributed by atoms with Crippen molar-refractivity contribution in [3.8, 4) is 5.75 Å². The number of hydrogen-bond donors (Lipinski definition) is 1. The fraction of sp³-hybridized carbons (Fsp3) is 0.514. The van der Waals surface area contributed by atoms with Crippen LogP contribution in [0.1, 0.15) is 61.9 Å². The fourth-order valence-corrected chi connectivity index (χ4v) is 7.53. The first-order valence-electron chi connectivity index (χ1n) is 15.2. The van der Waals surface area contributed by atoms with E-state index < -0.39 is 6.10 Å². The number of amides is 1. The molecule has 212 valence electrons. The summed E-state index contributed by atoms with van der Waals surface area (Å²) in [5, 5.41) is 14.1. The highest BCUT2D eigenvalue weighted by Crippen LogP contribution is 2.51. The van der Waals surface area contributed by atoms with Gasteiger partial charge < -0.3 is 19.6 Å². The predicted octanol–water partition coefficient (Wildman–Crippen LogP) is 6.14. The molecule has 0 aromatic heterocycles. The van der Waals surface area contributed by atoms with Gasteiger partial charge in [-0.3, -0.25) is 4.79 Å². The minimum absolute atomic E-state index is 0.0335. The third kappa shape index (κ3) is 5.38. The van der Waals surface area contributed by atoms with Gasteiger partial charge in [-0.2, -0.15) is 0 Å². The first-order chi connectivity index (χ1) is 19.4. The lowest BCUT2D eigenvalue weighted by Gasteiger charge is -2.56. The molecule has 0 spiro atoms. The minimum atomic E-state index is -0.467. The molecule has 3 fully saturated rings. The van der Waals surface area contributed by atoms with Crippen LogP contribution in [0, 0.1) is 17.8 Å². The highest BCUT2D eigenvalue weighted by Gasteiger charge is 2.53. The minimum Gasteiger partial charge on any atom is -0.497 e. The van der Waals surface area contributed by atoms with Gasteiger partial charge in [0.15, 0.2) is 0 Å². The maximum absolute atomic E-state index is 14.2. The lowest BCUT2D eigenvalue weighted by molar-refractivity contribution is -0.0655. The SMILES string of the molecule is COc1cccc(C23CCN(CC4CC4)CC2C(O)CC(N(CC(C)C)C(=O)c2ccc4ccccc4c2)C3)c1. The van der Waals surface area contributed by atoms with Crippen LogP contribution in [0.3, 0.4) is 0 Å². The maximum atomic E-state index is 14.2. The number of aliphatic hydroxyl groups is 1. The number of piperidine rings is 1. The summed E-state index contributed by atoms with van der Waals surface area (Å²) in [5.74, 6) is 2.22. The fourth-order valence-electron chi connectivity index (χ4n) is 7.53. The quantitative estimate of drug-likeness (QED) is 0.373. The monoisotopic (exact) mass is 540 g/mol. The van der Waals surface area contributed by atoms with Crippen LogP contribution in [-0.4, -0.2) is 66.2 Å². The number of likely N-dealkylation sites (tertiary alicyclic amines) is 1. The smallest absolute Gasteiger partial charge is 0.254 e. The van der Waals surface area contributed by atoms with E-state index in [9.17, 15) is 9.90 Å². The van der Waals surface area contributed by atoms with E-state index in [0.717, 1.165) is 60.5 Å². The largest absolute Gasteiger partial charge is 0.497 e. The van der Waals surface area contributed by atoms with Crippen LogP contribution in [0.25, 0.3) is 10.8 Å². The van der Waals surface area contributed by atoms with Gasteiger partial charge in [0.05, 0.1) is 13.2 Å². The Labute approximate surface area is 239 Å². The molecule has 5 nitrogen and oxygen atoms in total. The van der Waals surface area contributed by atoms with Gasteiger partial charge in [0, 0.05) is 42.6 Å². The standard InChI is InChI=1S/C35H44N2O3/c1-24(2)21-37(34(39)28-14-13-26-7-4-5-8-27(26)17-28)30-19-33(38)32-23-36(22-25-11-12-25)16-15-35(32,20-30)29-9-6-10-31(18-29)40-3/h4-10,13-14,17-18,24-25,30,32-33,38H,11-12,15-16,19-23H2,1-3H3. The van der Waals surface area contributed by atoms with Crippen molar-refractivity contribution in [2.45, 2.75) is 63.5 Å². The Hall–Kier alpha value is -2.89. The molecule has 1 saturated heterocycles. The lowest BCUT2D eigenvalue weighted by atomic mass is 9.56. The number of aliphatic hydroxyl groups excluding tert-OH is 1. The maximum Gasteiger partial charge on any atom is 0.254 e. The third-order valence-electron chi connectivity index (χ3n) is 9.73. The number of methoxy groups -OCH3 is 1. The van der Waals surface area contributed by atoms with Gasteiger partial charge in [0.25, 0.3) is 5.91 Å². The first-order valence-corrected chi connectivity index (χ1v) is 15.2. The van der Waals surface area contributed by atoms with Gasteiger partial charge in [-0.05, 0) is 91.1 Å². The highest BCUT2D eigenvalue weighted by atomic mass is 16.5. The van der Waals surface area contributed by atoms with Gasteiger partial charge in [-0.1, -0.05) is 56.3 Å². The second-order valence-corrected chi connectivity index (χ2v) is 13.0. The van der Waals surface area contributed by atoms with Crippen molar-refractivity contribution in [3.05, 3.63) is 77.9 Å². The molecule has 5 heteroatoms. The molecule has 1 N–H and O–H groups in total. The van der Waals surface area contributed by atoms with E-state index in [-0.39, 0.29) is 23.3 Å². The van der Waals surface area contributed by atoms with Crippen molar-refractivity contribution in [1.82, 2.24) is 9.80 Å². The Bertz CT molecular complexity index is 1350. The highest BCUT2D eigenvalue weighted by molar-refractivity contribution is 5.98. The van der Waals surface area contributed by atoms with E-state index in [2.05, 4.69) is 60.0 Å².